The smallest absolute Gasteiger partial charge is 0.237 e. The molecule has 0 radical (unpaired) electrons. The quantitative estimate of drug-likeness (QED) is 0.847. The lowest BCUT2D eigenvalue weighted by atomic mass is 10.1. The molecule has 0 unspecified atom stereocenters. The first-order valence-electron chi connectivity index (χ1n) is 5.46. The Morgan fingerprint density at radius 2 is 2.12 bits per heavy atom. The minimum atomic E-state index is -0.678. The van der Waals surface area contributed by atoms with Crippen LogP contribution in [0.3, 0.4) is 0 Å². The van der Waals surface area contributed by atoms with E-state index in [1.165, 1.54) is 6.07 Å². The number of hydrogen-bond donors (Lipinski definition) is 2. The molecule has 94 valence electrons. The molecule has 1 amide bonds. The summed E-state index contributed by atoms with van der Waals surface area (Å²) in [5.74, 6) is -1.67. The van der Waals surface area contributed by atoms with Crippen molar-refractivity contribution in [3.05, 3.63) is 35.4 Å². The van der Waals surface area contributed by atoms with Crippen LogP contribution >= 0.6 is 0 Å². The third kappa shape index (κ3) is 3.49. The Morgan fingerprint density at radius 1 is 1.47 bits per heavy atom. The summed E-state index contributed by atoms with van der Waals surface area (Å²) in [6, 6.07) is 2.10. The van der Waals surface area contributed by atoms with Crippen LogP contribution in [-0.2, 0) is 4.79 Å². The Bertz CT molecular complexity index is 409. The fraction of sp³-hybridized carbons (Fsp3) is 0.417. The van der Waals surface area contributed by atoms with E-state index in [1.54, 1.807) is 13.8 Å². The molecule has 0 heterocycles. The zero-order valence-corrected chi connectivity index (χ0v) is 9.84. The Labute approximate surface area is 99.0 Å². The minimum Gasteiger partial charge on any atom is -0.348 e. The van der Waals surface area contributed by atoms with E-state index in [-0.39, 0.29) is 11.5 Å². The van der Waals surface area contributed by atoms with E-state index in [9.17, 15) is 13.6 Å². The van der Waals surface area contributed by atoms with Crippen molar-refractivity contribution in [3.8, 4) is 0 Å². The number of nitrogens with one attached hydrogen (secondary N) is 1. The highest BCUT2D eigenvalue weighted by atomic mass is 19.1. The summed E-state index contributed by atoms with van der Waals surface area (Å²) < 4.78 is 26.1. The number of rotatable bonds is 4. The van der Waals surface area contributed by atoms with E-state index in [4.69, 9.17) is 5.73 Å². The summed E-state index contributed by atoms with van der Waals surface area (Å²) in [7, 11) is 0. The van der Waals surface area contributed by atoms with Crippen molar-refractivity contribution in [2.24, 2.45) is 5.73 Å². The first kappa shape index (κ1) is 13.6. The molecule has 0 saturated heterocycles. The van der Waals surface area contributed by atoms with Gasteiger partial charge in [-0.1, -0.05) is 13.0 Å². The predicted molar refractivity (Wildman–Crippen MR) is 61.2 cm³/mol. The van der Waals surface area contributed by atoms with Crippen molar-refractivity contribution in [1.82, 2.24) is 5.32 Å². The standard InChI is InChI=1S/C12H16F2N2O/c1-3-11(15)12(17)16-7(2)9-5-4-8(13)6-10(9)14/h4-7,11H,3,15H2,1-2H3,(H,16,17)/t7-,11+/m0/s1. The van der Waals surface area contributed by atoms with Crippen LogP contribution in [0, 0.1) is 11.6 Å². The Morgan fingerprint density at radius 3 is 2.65 bits per heavy atom. The summed E-state index contributed by atoms with van der Waals surface area (Å²) in [5, 5.41) is 2.58. The molecule has 0 bridgehead atoms. The lowest BCUT2D eigenvalue weighted by Crippen LogP contribution is -2.41. The summed E-state index contributed by atoms with van der Waals surface area (Å²) >= 11 is 0. The fourth-order valence-electron chi connectivity index (χ4n) is 1.44. The van der Waals surface area contributed by atoms with Crippen LogP contribution in [-0.4, -0.2) is 11.9 Å². The number of carbonyl (C=O) groups is 1. The van der Waals surface area contributed by atoms with Crippen LogP contribution in [0.5, 0.6) is 0 Å². The number of nitrogens with two attached hydrogens (primary N) is 1. The molecule has 3 nitrogen and oxygen atoms in total. The Kier molecular flexibility index (Phi) is 4.57. The minimum absolute atomic E-state index is 0.239. The lowest BCUT2D eigenvalue weighted by Gasteiger charge is -2.17. The molecular formula is C12H16F2N2O. The number of halogens is 2. The maximum absolute atomic E-state index is 13.4. The monoisotopic (exact) mass is 242 g/mol. The zero-order valence-electron chi connectivity index (χ0n) is 9.84. The van der Waals surface area contributed by atoms with E-state index >= 15 is 0 Å². The van der Waals surface area contributed by atoms with Gasteiger partial charge in [0.15, 0.2) is 0 Å². The van der Waals surface area contributed by atoms with Gasteiger partial charge in [-0.15, -0.1) is 0 Å². The van der Waals surface area contributed by atoms with Gasteiger partial charge in [0.05, 0.1) is 12.1 Å². The van der Waals surface area contributed by atoms with Crippen LogP contribution in [0.2, 0.25) is 0 Å². The largest absolute Gasteiger partial charge is 0.348 e. The average molecular weight is 242 g/mol. The number of carbonyl (C=O) groups excluding carboxylic acids is 1. The van der Waals surface area contributed by atoms with Gasteiger partial charge in [-0.25, -0.2) is 8.78 Å². The molecule has 3 N–H and O–H groups in total. The van der Waals surface area contributed by atoms with Crippen molar-refractivity contribution in [3.63, 3.8) is 0 Å². The molecule has 0 aliphatic heterocycles. The maximum Gasteiger partial charge on any atom is 0.237 e. The molecule has 0 aromatic heterocycles. The van der Waals surface area contributed by atoms with Gasteiger partial charge < -0.3 is 11.1 Å². The molecule has 0 fully saturated rings. The number of benzene rings is 1. The van der Waals surface area contributed by atoms with Crippen molar-refractivity contribution >= 4 is 5.91 Å². The molecule has 1 rings (SSSR count). The summed E-state index contributed by atoms with van der Waals surface area (Å²) in [6.07, 6.45) is 0.504. The van der Waals surface area contributed by atoms with Crippen LogP contribution in [0.25, 0.3) is 0 Å². The van der Waals surface area contributed by atoms with Crippen molar-refractivity contribution in [1.29, 1.82) is 0 Å². The first-order chi connectivity index (χ1) is 7.95. The lowest BCUT2D eigenvalue weighted by molar-refractivity contribution is -0.123. The molecule has 1 aromatic carbocycles. The van der Waals surface area contributed by atoms with Gasteiger partial charge in [0, 0.05) is 11.6 Å². The van der Waals surface area contributed by atoms with E-state index in [2.05, 4.69) is 5.32 Å². The summed E-state index contributed by atoms with van der Waals surface area (Å²) in [4.78, 5) is 11.5. The van der Waals surface area contributed by atoms with Gasteiger partial charge in [-0.2, -0.15) is 0 Å². The third-order valence-corrected chi connectivity index (χ3v) is 2.56. The number of hydrogen-bond acceptors (Lipinski definition) is 2. The van der Waals surface area contributed by atoms with E-state index < -0.39 is 23.7 Å². The summed E-state index contributed by atoms with van der Waals surface area (Å²) in [6.45, 7) is 3.41. The second-order valence-electron chi connectivity index (χ2n) is 3.91. The fourth-order valence-corrected chi connectivity index (χ4v) is 1.44. The zero-order chi connectivity index (χ0) is 13.0. The van der Waals surface area contributed by atoms with Gasteiger partial charge in [0.1, 0.15) is 11.6 Å². The van der Waals surface area contributed by atoms with Gasteiger partial charge in [0.25, 0.3) is 0 Å². The van der Waals surface area contributed by atoms with Gasteiger partial charge in [0.2, 0.25) is 5.91 Å². The third-order valence-electron chi connectivity index (χ3n) is 2.56. The van der Waals surface area contributed by atoms with Crippen molar-refractivity contribution in [2.75, 3.05) is 0 Å². The van der Waals surface area contributed by atoms with Gasteiger partial charge in [-0.3, -0.25) is 4.79 Å². The molecule has 1 aromatic rings. The molecule has 0 spiro atoms. The topological polar surface area (TPSA) is 55.1 Å². The van der Waals surface area contributed by atoms with Crippen LogP contribution < -0.4 is 11.1 Å². The molecule has 17 heavy (non-hydrogen) atoms. The second kappa shape index (κ2) is 5.72. The molecule has 2 atom stereocenters. The van der Waals surface area contributed by atoms with Crippen LogP contribution in [0.4, 0.5) is 8.78 Å². The normalized spacial score (nSPS) is 14.2. The highest BCUT2D eigenvalue weighted by Gasteiger charge is 2.17. The van der Waals surface area contributed by atoms with Crippen LogP contribution in [0.1, 0.15) is 31.9 Å². The second-order valence-corrected chi connectivity index (χ2v) is 3.91. The first-order valence-corrected chi connectivity index (χ1v) is 5.46. The Balaban J connectivity index is 2.76. The SMILES string of the molecule is CC[C@@H](N)C(=O)N[C@@H](C)c1ccc(F)cc1F. The average Bonchev–Trinajstić information content (AvgIpc) is 2.27. The van der Waals surface area contributed by atoms with E-state index in [1.807, 2.05) is 0 Å². The molecule has 0 aliphatic carbocycles. The number of amides is 1. The summed E-state index contributed by atoms with van der Waals surface area (Å²) in [5.41, 5.74) is 5.78. The highest BCUT2D eigenvalue weighted by Crippen LogP contribution is 2.17. The van der Waals surface area contributed by atoms with E-state index in [0.717, 1.165) is 12.1 Å². The van der Waals surface area contributed by atoms with Gasteiger partial charge in [-0.05, 0) is 19.4 Å². The van der Waals surface area contributed by atoms with Gasteiger partial charge >= 0.3 is 0 Å². The Hall–Kier alpha value is -1.49. The molecule has 0 saturated carbocycles. The highest BCUT2D eigenvalue weighted by molar-refractivity contribution is 5.81. The van der Waals surface area contributed by atoms with Crippen molar-refractivity contribution in [2.45, 2.75) is 32.4 Å². The molecule has 5 heteroatoms. The maximum atomic E-state index is 13.4. The molecule has 0 aliphatic rings. The van der Waals surface area contributed by atoms with Crippen LogP contribution in [0.15, 0.2) is 18.2 Å². The molecular weight excluding hydrogens is 226 g/mol. The van der Waals surface area contributed by atoms with E-state index in [0.29, 0.717) is 6.42 Å². The predicted octanol–water partition coefficient (Wildman–Crippen LogP) is 1.88. The van der Waals surface area contributed by atoms with Crippen molar-refractivity contribution < 1.29 is 13.6 Å².